The second-order valence-corrected chi connectivity index (χ2v) is 10.5. The highest BCUT2D eigenvalue weighted by Gasteiger charge is 2.55. The maximum absolute atomic E-state index is 12.8. The maximum Gasteiger partial charge on any atom is 0.311 e. The van der Waals surface area contributed by atoms with Crippen molar-refractivity contribution in [3.63, 3.8) is 0 Å². The minimum absolute atomic E-state index is 0.0288. The predicted molar refractivity (Wildman–Crippen MR) is 132 cm³/mol. The van der Waals surface area contributed by atoms with Gasteiger partial charge in [0.2, 0.25) is 0 Å². The Bertz CT molecular complexity index is 991. The van der Waals surface area contributed by atoms with Crippen LogP contribution < -0.4 is 5.32 Å². The lowest BCUT2D eigenvalue weighted by molar-refractivity contribution is -0.163. The normalized spacial score (nSPS) is 27.3. The number of furan rings is 1. The lowest BCUT2D eigenvalue weighted by Gasteiger charge is -2.54. The summed E-state index contributed by atoms with van der Waals surface area (Å²) in [7, 11) is 1.54. The van der Waals surface area contributed by atoms with Crippen LogP contribution >= 0.6 is 0 Å². The van der Waals surface area contributed by atoms with Crippen LogP contribution in [0.2, 0.25) is 0 Å². The smallest absolute Gasteiger partial charge is 0.311 e. The maximum atomic E-state index is 12.8. The summed E-state index contributed by atoms with van der Waals surface area (Å²) in [6.07, 6.45) is 9.16. The van der Waals surface area contributed by atoms with Crippen LogP contribution in [0.1, 0.15) is 76.2 Å². The van der Waals surface area contributed by atoms with Gasteiger partial charge in [-0.05, 0) is 80.9 Å². The highest BCUT2D eigenvalue weighted by Crippen LogP contribution is 2.60. The molecule has 1 saturated carbocycles. The lowest BCUT2D eigenvalue weighted by Crippen LogP contribution is -2.50. The molecule has 1 heterocycles. The van der Waals surface area contributed by atoms with Crippen LogP contribution in [0.4, 0.5) is 0 Å². The van der Waals surface area contributed by atoms with Crippen molar-refractivity contribution >= 4 is 5.97 Å². The Morgan fingerprint density at radius 3 is 2.67 bits per heavy atom. The van der Waals surface area contributed by atoms with Crippen LogP contribution in [0.15, 0.2) is 58.2 Å². The molecule has 0 unspecified atom stereocenters. The zero-order valence-electron chi connectivity index (χ0n) is 20.7. The van der Waals surface area contributed by atoms with Crippen molar-refractivity contribution in [2.24, 2.45) is 16.7 Å². The average Bonchev–Trinajstić information content (AvgIpc) is 3.25. The second kappa shape index (κ2) is 9.89. The monoisotopic (exact) mass is 449 g/mol. The van der Waals surface area contributed by atoms with E-state index in [0.29, 0.717) is 5.92 Å². The van der Waals surface area contributed by atoms with E-state index < -0.39 is 0 Å². The van der Waals surface area contributed by atoms with Gasteiger partial charge in [0.25, 0.3) is 0 Å². The molecule has 3 atom stereocenters. The Morgan fingerprint density at radius 2 is 1.91 bits per heavy atom. The number of fused-ring (bicyclic) bond motifs is 1. The number of hydrogen-bond acceptors (Lipinski definition) is 4. The number of rotatable bonds is 8. The fourth-order valence-electron chi connectivity index (χ4n) is 6.77. The van der Waals surface area contributed by atoms with E-state index in [1.807, 2.05) is 12.3 Å². The van der Waals surface area contributed by atoms with Crippen molar-refractivity contribution in [1.29, 1.82) is 0 Å². The number of esters is 1. The van der Waals surface area contributed by atoms with Crippen molar-refractivity contribution in [1.82, 2.24) is 5.32 Å². The molecule has 0 radical (unpaired) electrons. The second-order valence-electron chi connectivity index (χ2n) is 10.5. The third-order valence-corrected chi connectivity index (χ3v) is 8.53. The summed E-state index contributed by atoms with van der Waals surface area (Å²) < 4.78 is 11.1. The predicted octanol–water partition coefficient (Wildman–Crippen LogP) is 6.60. The number of nitrogens with one attached hydrogen (secondary N) is 1. The molecule has 33 heavy (non-hydrogen) atoms. The largest absolute Gasteiger partial charge is 0.469 e. The fourth-order valence-corrected chi connectivity index (χ4v) is 6.77. The number of hydrogen-bond donors (Lipinski definition) is 1. The van der Waals surface area contributed by atoms with Gasteiger partial charge in [-0.15, -0.1) is 0 Å². The van der Waals surface area contributed by atoms with Crippen molar-refractivity contribution in [3.8, 4) is 0 Å². The summed E-state index contributed by atoms with van der Waals surface area (Å²) in [5, 5.41) is 3.52. The molecule has 2 aliphatic rings. The molecule has 0 aliphatic heterocycles. The van der Waals surface area contributed by atoms with E-state index in [1.54, 1.807) is 5.57 Å². The van der Waals surface area contributed by atoms with E-state index in [2.05, 4.69) is 56.4 Å². The molecule has 0 saturated heterocycles. The van der Waals surface area contributed by atoms with E-state index >= 15 is 0 Å². The number of benzene rings is 1. The first-order chi connectivity index (χ1) is 15.9. The number of aryl methyl sites for hydroxylation is 1. The van der Waals surface area contributed by atoms with Crippen LogP contribution in [0.25, 0.3) is 0 Å². The number of allylic oxidation sites excluding steroid dienone is 2. The molecule has 1 aromatic heterocycles. The first-order valence-corrected chi connectivity index (χ1v) is 12.5. The van der Waals surface area contributed by atoms with Gasteiger partial charge < -0.3 is 14.5 Å². The topological polar surface area (TPSA) is 51.5 Å². The van der Waals surface area contributed by atoms with Gasteiger partial charge >= 0.3 is 5.97 Å². The Labute approximate surface area is 198 Å². The molecule has 2 aromatic rings. The zero-order valence-corrected chi connectivity index (χ0v) is 20.7. The molecule has 1 aromatic carbocycles. The van der Waals surface area contributed by atoms with Gasteiger partial charge in [0.05, 0.1) is 25.3 Å². The molecule has 2 aliphatic carbocycles. The highest BCUT2D eigenvalue weighted by molar-refractivity contribution is 5.77. The summed E-state index contributed by atoms with van der Waals surface area (Å²) >= 11 is 0. The summed E-state index contributed by atoms with van der Waals surface area (Å²) in [5.74, 6) is 1.35. The van der Waals surface area contributed by atoms with Gasteiger partial charge in [-0.2, -0.15) is 0 Å². The Morgan fingerprint density at radius 1 is 1.12 bits per heavy atom. The molecule has 1 fully saturated rings. The van der Waals surface area contributed by atoms with E-state index in [1.165, 1.54) is 23.8 Å². The number of methoxy groups -OCH3 is 1. The minimum atomic E-state index is -0.379. The highest BCUT2D eigenvalue weighted by atomic mass is 16.5. The lowest BCUT2D eigenvalue weighted by atomic mass is 9.49. The minimum Gasteiger partial charge on any atom is -0.469 e. The molecule has 0 bridgehead atoms. The number of carbonyl (C=O) groups is 1. The van der Waals surface area contributed by atoms with Crippen molar-refractivity contribution in [3.05, 3.63) is 70.7 Å². The van der Waals surface area contributed by atoms with Crippen LogP contribution in [-0.2, 0) is 29.0 Å². The molecule has 0 amide bonds. The third-order valence-electron chi connectivity index (χ3n) is 8.53. The van der Waals surface area contributed by atoms with Gasteiger partial charge in [0, 0.05) is 6.54 Å². The summed E-state index contributed by atoms with van der Waals surface area (Å²) in [5.41, 5.74) is 5.34. The van der Waals surface area contributed by atoms with Crippen molar-refractivity contribution in [2.45, 2.75) is 78.8 Å². The average molecular weight is 450 g/mol. The quantitative estimate of drug-likeness (QED) is 0.364. The Kier molecular flexibility index (Phi) is 7.13. The number of carbonyl (C=O) groups excluding carboxylic acids is 1. The van der Waals surface area contributed by atoms with E-state index in [-0.39, 0.29) is 16.8 Å². The third kappa shape index (κ3) is 4.68. The zero-order chi connectivity index (χ0) is 23.5. The van der Waals surface area contributed by atoms with Gasteiger partial charge in [-0.25, -0.2) is 0 Å². The first-order valence-electron chi connectivity index (χ1n) is 12.5. The van der Waals surface area contributed by atoms with Crippen LogP contribution in [-0.4, -0.2) is 13.1 Å². The molecule has 178 valence electrons. The molecule has 1 N–H and O–H groups in total. The van der Waals surface area contributed by atoms with E-state index in [0.717, 1.165) is 63.8 Å². The van der Waals surface area contributed by atoms with Crippen molar-refractivity contribution in [2.75, 3.05) is 7.11 Å². The molecule has 4 nitrogen and oxygen atoms in total. The SMILES string of the molecule is COC(=O)[C@@]1(C)CCC[C@]2(C)C(CCc3ccoc3CNCc3ccccc3)=C(C)CC[C@@H]12. The van der Waals surface area contributed by atoms with Gasteiger partial charge in [0.15, 0.2) is 0 Å². The Balaban J connectivity index is 1.45. The Hall–Kier alpha value is -2.33. The molecular formula is C29H39NO3. The van der Waals surface area contributed by atoms with Gasteiger partial charge in [0.1, 0.15) is 5.76 Å². The summed E-state index contributed by atoms with van der Waals surface area (Å²) in [6.45, 7) is 8.42. The van der Waals surface area contributed by atoms with E-state index in [4.69, 9.17) is 9.15 Å². The van der Waals surface area contributed by atoms with Crippen LogP contribution in [0.3, 0.4) is 0 Å². The summed E-state index contributed by atoms with van der Waals surface area (Å²) in [4.78, 5) is 12.8. The van der Waals surface area contributed by atoms with E-state index in [9.17, 15) is 4.79 Å². The van der Waals surface area contributed by atoms with Gasteiger partial charge in [-0.1, -0.05) is 54.8 Å². The van der Waals surface area contributed by atoms with Crippen LogP contribution in [0, 0.1) is 16.7 Å². The summed E-state index contributed by atoms with van der Waals surface area (Å²) in [6, 6.07) is 12.6. The fraction of sp³-hybridized carbons (Fsp3) is 0.552. The number of ether oxygens (including phenoxy) is 1. The molecular weight excluding hydrogens is 410 g/mol. The first kappa shape index (κ1) is 23.8. The van der Waals surface area contributed by atoms with Gasteiger partial charge in [-0.3, -0.25) is 4.79 Å². The molecule has 4 heteroatoms. The molecule has 0 spiro atoms. The van der Waals surface area contributed by atoms with Crippen LogP contribution in [0.5, 0.6) is 0 Å². The molecule has 4 rings (SSSR count). The standard InChI is InChI=1S/C29H39NO3/c1-21-11-14-26-28(2,16-8-17-29(26,3)27(31)32-4)24(21)13-12-23-15-18-33-25(23)20-30-19-22-9-6-5-7-10-22/h5-7,9-10,15,18,26,30H,8,11-14,16-17,19-20H2,1-4H3/t26-,28-,29+/m1/s1. The van der Waals surface area contributed by atoms with Crippen molar-refractivity contribution < 1.29 is 13.9 Å².